The normalized spacial score (nSPS) is 10.6. The summed E-state index contributed by atoms with van der Waals surface area (Å²) in [5.74, 6) is 0.879. The van der Waals surface area contributed by atoms with Crippen molar-refractivity contribution in [1.82, 2.24) is 9.97 Å². The summed E-state index contributed by atoms with van der Waals surface area (Å²) in [5.41, 5.74) is 7.30. The van der Waals surface area contributed by atoms with Crippen molar-refractivity contribution in [3.05, 3.63) is 53.6 Å². The number of hydrogen-bond acceptors (Lipinski definition) is 4. The molecule has 1 heterocycles. The van der Waals surface area contributed by atoms with Gasteiger partial charge < -0.3 is 11.1 Å². The number of nitrogens with two attached hydrogens (primary N) is 1. The molecule has 0 saturated heterocycles. The summed E-state index contributed by atoms with van der Waals surface area (Å²) in [6, 6.07) is 15.2. The SMILES string of the molecule is Nc1nc(Nc2ccccc2Cl)c2ccccc2n1. The van der Waals surface area contributed by atoms with E-state index in [2.05, 4.69) is 15.3 Å². The molecule has 0 bridgehead atoms. The molecule has 0 aliphatic carbocycles. The van der Waals surface area contributed by atoms with E-state index >= 15 is 0 Å². The highest BCUT2D eigenvalue weighted by Crippen LogP contribution is 2.28. The summed E-state index contributed by atoms with van der Waals surface area (Å²) >= 11 is 6.13. The average Bonchev–Trinajstić information content (AvgIpc) is 2.41. The van der Waals surface area contributed by atoms with E-state index < -0.39 is 0 Å². The Morgan fingerprint density at radius 2 is 1.68 bits per heavy atom. The first kappa shape index (κ1) is 11.7. The van der Waals surface area contributed by atoms with Gasteiger partial charge in [0.1, 0.15) is 5.82 Å². The van der Waals surface area contributed by atoms with Crippen molar-refractivity contribution in [2.24, 2.45) is 0 Å². The molecule has 3 rings (SSSR count). The van der Waals surface area contributed by atoms with Gasteiger partial charge in [-0.15, -0.1) is 0 Å². The van der Waals surface area contributed by atoms with Crippen LogP contribution in [-0.4, -0.2) is 9.97 Å². The van der Waals surface area contributed by atoms with Crippen LogP contribution in [0.15, 0.2) is 48.5 Å². The Morgan fingerprint density at radius 1 is 0.947 bits per heavy atom. The molecule has 2 aromatic carbocycles. The van der Waals surface area contributed by atoms with Gasteiger partial charge in [-0.05, 0) is 24.3 Å². The molecule has 0 unspecified atom stereocenters. The minimum absolute atomic E-state index is 0.230. The number of rotatable bonds is 2. The van der Waals surface area contributed by atoms with Crippen LogP contribution in [0.1, 0.15) is 0 Å². The lowest BCUT2D eigenvalue weighted by atomic mass is 10.2. The van der Waals surface area contributed by atoms with Gasteiger partial charge in [-0.25, -0.2) is 4.98 Å². The molecule has 0 saturated carbocycles. The Bertz CT molecular complexity index is 742. The molecule has 0 spiro atoms. The minimum atomic E-state index is 0.230. The third-order valence-corrected chi connectivity index (χ3v) is 3.08. The number of nitrogens with zero attached hydrogens (tertiary/aromatic N) is 2. The van der Waals surface area contributed by atoms with Crippen LogP contribution in [0.4, 0.5) is 17.5 Å². The molecule has 0 amide bonds. The smallest absolute Gasteiger partial charge is 0.222 e. The van der Waals surface area contributed by atoms with Gasteiger partial charge in [0.05, 0.1) is 16.2 Å². The van der Waals surface area contributed by atoms with Gasteiger partial charge in [-0.2, -0.15) is 4.98 Å². The van der Waals surface area contributed by atoms with E-state index in [0.29, 0.717) is 10.8 Å². The number of fused-ring (bicyclic) bond motifs is 1. The third-order valence-electron chi connectivity index (χ3n) is 2.75. The van der Waals surface area contributed by atoms with Gasteiger partial charge in [0.15, 0.2) is 0 Å². The molecule has 0 radical (unpaired) electrons. The van der Waals surface area contributed by atoms with Gasteiger partial charge in [0, 0.05) is 5.39 Å². The predicted octanol–water partition coefficient (Wildman–Crippen LogP) is 3.61. The van der Waals surface area contributed by atoms with Gasteiger partial charge in [0.25, 0.3) is 0 Å². The molecule has 1 aromatic heterocycles. The molecule has 4 nitrogen and oxygen atoms in total. The van der Waals surface area contributed by atoms with E-state index in [1.165, 1.54) is 0 Å². The first-order valence-electron chi connectivity index (χ1n) is 5.78. The number of nitrogen functional groups attached to an aromatic ring is 1. The fraction of sp³-hybridized carbons (Fsp3) is 0. The molecule has 0 aliphatic rings. The Hall–Kier alpha value is -2.33. The lowest BCUT2D eigenvalue weighted by Gasteiger charge is -2.10. The number of nitrogens with one attached hydrogen (secondary N) is 1. The zero-order chi connectivity index (χ0) is 13.2. The molecule has 5 heteroatoms. The summed E-state index contributed by atoms with van der Waals surface area (Å²) in [7, 11) is 0. The number of aromatic nitrogens is 2. The highest BCUT2D eigenvalue weighted by atomic mass is 35.5. The summed E-state index contributed by atoms with van der Waals surface area (Å²) in [4.78, 5) is 8.43. The largest absolute Gasteiger partial charge is 0.368 e. The number of hydrogen-bond donors (Lipinski definition) is 2. The van der Waals surface area contributed by atoms with E-state index in [0.717, 1.165) is 16.6 Å². The molecule has 3 aromatic rings. The molecular formula is C14H11ClN4. The van der Waals surface area contributed by atoms with Crippen molar-refractivity contribution < 1.29 is 0 Å². The second kappa shape index (κ2) is 4.74. The van der Waals surface area contributed by atoms with Crippen LogP contribution in [-0.2, 0) is 0 Å². The third kappa shape index (κ3) is 2.30. The Morgan fingerprint density at radius 3 is 2.53 bits per heavy atom. The van der Waals surface area contributed by atoms with Crippen molar-refractivity contribution >= 4 is 40.0 Å². The van der Waals surface area contributed by atoms with Crippen molar-refractivity contribution in [2.45, 2.75) is 0 Å². The van der Waals surface area contributed by atoms with Crippen LogP contribution in [0, 0.1) is 0 Å². The number of para-hydroxylation sites is 2. The van der Waals surface area contributed by atoms with E-state index in [1.54, 1.807) is 0 Å². The average molecular weight is 271 g/mol. The van der Waals surface area contributed by atoms with E-state index in [-0.39, 0.29) is 5.95 Å². The highest BCUT2D eigenvalue weighted by Gasteiger charge is 2.07. The monoisotopic (exact) mass is 270 g/mol. The lowest BCUT2D eigenvalue weighted by molar-refractivity contribution is 1.23. The first-order valence-corrected chi connectivity index (χ1v) is 6.15. The first-order chi connectivity index (χ1) is 9.24. The Kier molecular flexibility index (Phi) is 2.93. The summed E-state index contributed by atoms with van der Waals surface area (Å²) in [6.07, 6.45) is 0. The molecule has 0 fully saturated rings. The standard InChI is InChI=1S/C14H11ClN4/c15-10-6-2-4-8-12(10)17-13-9-5-1-3-7-11(9)18-14(16)19-13/h1-8H,(H3,16,17,18,19). The van der Waals surface area contributed by atoms with Gasteiger partial charge in [0.2, 0.25) is 5.95 Å². The Balaban J connectivity index is 2.13. The molecule has 0 aliphatic heterocycles. The topological polar surface area (TPSA) is 63.8 Å². The number of benzene rings is 2. The molecule has 3 N–H and O–H groups in total. The van der Waals surface area contributed by atoms with Gasteiger partial charge >= 0.3 is 0 Å². The summed E-state index contributed by atoms with van der Waals surface area (Å²) in [5, 5.41) is 4.72. The van der Waals surface area contributed by atoms with Gasteiger partial charge in [-0.3, -0.25) is 0 Å². The molecular weight excluding hydrogens is 260 g/mol. The lowest BCUT2D eigenvalue weighted by Crippen LogP contribution is -2.01. The second-order valence-corrected chi connectivity index (χ2v) is 4.46. The molecule has 94 valence electrons. The van der Waals surface area contributed by atoms with Crippen LogP contribution >= 0.6 is 11.6 Å². The van der Waals surface area contributed by atoms with E-state index in [1.807, 2.05) is 48.5 Å². The van der Waals surface area contributed by atoms with Crippen LogP contribution in [0.2, 0.25) is 5.02 Å². The van der Waals surface area contributed by atoms with Crippen LogP contribution in [0.5, 0.6) is 0 Å². The van der Waals surface area contributed by atoms with Crippen LogP contribution in [0.3, 0.4) is 0 Å². The van der Waals surface area contributed by atoms with Crippen molar-refractivity contribution in [1.29, 1.82) is 0 Å². The Labute approximate surface area is 115 Å². The number of halogens is 1. The van der Waals surface area contributed by atoms with E-state index in [9.17, 15) is 0 Å². The fourth-order valence-corrected chi connectivity index (χ4v) is 2.06. The number of anilines is 3. The maximum absolute atomic E-state index is 6.13. The second-order valence-electron chi connectivity index (χ2n) is 4.05. The zero-order valence-electron chi connectivity index (χ0n) is 9.97. The van der Waals surface area contributed by atoms with Crippen LogP contribution in [0.25, 0.3) is 10.9 Å². The molecule has 0 atom stereocenters. The maximum Gasteiger partial charge on any atom is 0.222 e. The summed E-state index contributed by atoms with van der Waals surface area (Å²) < 4.78 is 0. The van der Waals surface area contributed by atoms with Crippen LogP contribution < -0.4 is 11.1 Å². The maximum atomic E-state index is 6.13. The summed E-state index contributed by atoms with van der Waals surface area (Å²) in [6.45, 7) is 0. The van der Waals surface area contributed by atoms with Crippen molar-refractivity contribution in [2.75, 3.05) is 11.1 Å². The zero-order valence-corrected chi connectivity index (χ0v) is 10.7. The molecule has 19 heavy (non-hydrogen) atoms. The van der Waals surface area contributed by atoms with Crippen molar-refractivity contribution in [3.63, 3.8) is 0 Å². The predicted molar refractivity (Wildman–Crippen MR) is 78.7 cm³/mol. The van der Waals surface area contributed by atoms with Gasteiger partial charge in [-0.1, -0.05) is 35.9 Å². The highest BCUT2D eigenvalue weighted by molar-refractivity contribution is 6.33. The van der Waals surface area contributed by atoms with Crippen molar-refractivity contribution in [3.8, 4) is 0 Å². The quantitative estimate of drug-likeness (QED) is 0.747. The minimum Gasteiger partial charge on any atom is -0.368 e. The fourth-order valence-electron chi connectivity index (χ4n) is 1.88. The van der Waals surface area contributed by atoms with E-state index in [4.69, 9.17) is 17.3 Å².